The van der Waals surface area contributed by atoms with Crippen LogP contribution in [0.3, 0.4) is 0 Å². The van der Waals surface area contributed by atoms with Crippen LogP contribution in [-0.2, 0) is 10.0 Å². The zero-order chi connectivity index (χ0) is 15.7. The van der Waals surface area contributed by atoms with Crippen LogP contribution in [0.1, 0.15) is 18.4 Å². The van der Waals surface area contributed by atoms with Crippen molar-refractivity contribution in [3.63, 3.8) is 0 Å². The van der Waals surface area contributed by atoms with Gasteiger partial charge in [-0.1, -0.05) is 11.8 Å². The molecular formula is C14H19FN2O2S2. The van der Waals surface area contributed by atoms with Crippen LogP contribution in [0, 0.1) is 17.7 Å². The van der Waals surface area contributed by atoms with E-state index in [-0.39, 0.29) is 11.4 Å². The molecule has 0 aromatic heterocycles. The number of sulfonamides is 1. The number of hydrogen-bond donors (Lipinski definition) is 2. The van der Waals surface area contributed by atoms with Crippen molar-refractivity contribution >= 4 is 21.8 Å². The Bertz CT molecular complexity index is 622. The quantitative estimate of drug-likeness (QED) is 0.588. The highest BCUT2D eigenvalue weighted by Crippen LogP contribution is 2.15. The Morgan fingerprint density at radius 2 is 2.14 bits per heavy atom. The second-order valence-electron chi connectivity index (χ2n) is 4.25. The van der Waals surface area contributed by atoms with E-state index in [0.717, 1.165) is 24.7 Å². The van der Waals surface area contributed by atoms with E-state index >= 15 is 0 Å². The number of benzene rings is 1. The lowest BCUT2D eigenvalue weighted by molar-refractivity contribution is 0.555. The van der Waals surface area contributed by atoms with Gasteiger partial charge in [0.2, 0.25) is 10.0 Å². The molecule has 0 heterocycles. The molecule has 0 amide bonds. The summed E-state index contributed by atoms with van der Waals surface area (Å²) in [4.78, 5) is -0.356. The first-order chi connectivity index (χ1) is 10.0. The summed E-state index contributed by atoms with van der Waals surface area (Å²) >= 11 is 1.71. The van der Waals surface area contributed by atoms with Crippen LogP contribution in [0.4, 0.5) is 4.39 Å². The molecule has 0 atom stereocenters. The lowest BCUT2D eigenvalue weighted by Crippen LogP contribution is -2.25. The maximum absolute atomic E-state index is 13.9. The van der Waals surface area contributed by atoms with Crippen LogP contribution in [0.5, 0.6) is 0 Å². The van der Waals surface area contributed by atoms with Gasteiger partial charge in [0.1, 0.15) is 10.7 Å². The Morgan fingerprint density at radius 3 is 2.76 bits per heavy atom. The lowest BCUT2D eigenvalue weighted by atomic mass is 10.2. The molecule has 0 aliphatic rings. The standard InChI is InChI=1S/C14H19FN2O2S2/c1-20-10-3-2-9-17-21(18,19)14-7-6-12(5-4-8-16)11-13(14)15/h6-7,11,17H,2-3,8-10,16H2,1H3. The van der Waals surface area contributed by atoms with Gasteiger partial charge < -0.3 is 5.73 Å². The fraction of sp³-hybridized carbons (Fsp3) is 0.429. The second kappa shape index (κ2) is 9.05. The molecule has 3 N–H and O–H groups in total. The number of nitrogens with one attached hydrogen (secondary N) is 1. The Balaban J connectivity index is 2.74. The monoisotopic (exact) mass is 330 g/mol. The highest BCUT2D eigenvalue weighted by atomic mass is 32.2. The fourth-order valence-corrected chi connectivity index (χ4v) is 3.23. The minimum atomic E-state index is -3.82. The number of rotatable bonds is 7. The second-order valence-corrected chi connectivity index (χ2v) is 6.97. The number of thioether (sulfide) groups is 1. The van der Waals surface area contributed by atoms with E-state index in [0.29, 0.717) is 12.1 Å². The maximum atomic E-state index is 13.9. The molecular weight excluding hydrogens is 311 g/mol. The molecule has 0 aliphatic carbocycles. The first kappa shape index (κ1) is 18.0. The smallest absolute Gasteiger partial charge is 0.243 e. The summed E-state index contributed by atoms with van der Waals surface area (Å²) in [6.45, 7) is 0.469. The van der Waals surface area contributed by atoms with E-state index in [9.17, 15) is 12.8 Å². The molecule has 7 heteroatoms. The van der Waals surface area contributed by atoms with Crippen LogP contribution in [0.2, 0.25) is 0 Å². The highest BCUT2D eigenvalue weighted by Gasteiger charge is 2.18. The predicted octanol–water partition coefficient (Wildman–Crippen LogP) is 1.56. The summed E-state index contributed by atoms with van der Waals surface area (Å²) in [5.41, 5.74) is 5.63. The van der Waals surface area contributed by atoms with Gasteiger partial charge in [0.25, 0.3) is 0 Å². The third-order valence-corrected chi connectivity index (χ3v) is 4.81. The van der Waals surface area contributed by atoms with Gasteiger partial charge in [0, 0.05) is 12.1 Å². The summed E-state index contributed by atoms with van der Waals surface area (Å²) in [6.07, 6.45) is 3.64. The molecule has 0 saturated carbocycles. The summed E-state index contributed by atoms with van der Waals surface area (Å²) in [5.74, 6) is 5.41. The van der Waals surface area contributed by atoms with Crippen LogP contribution >= 0.6 is 11.8 Å². The zero-order valence-corrected chi connectivity index (χ0v) is 13.5. The molecule has 0 fully saturated rings. The van der Waals surface area contributed by atoms with Gasteiger partial charge in [0.15, 0.2) is 0 Å². The number of hydrogen-bond acceptors (Lipinski definition) is 4. The fourth-order valence-electron chi connectivity index (χ4n) is 1.61. The van der Waals surface area contributed by atoms with Gasteiger partial charge in [-0.05, 0) is 43.0 Å². The van der Waals surface area contributed by atoms with Crippen LogP contribution < -0.4 is 10.5 Å². The molecule has 1 aromatic rings. The van der Waals surface area contributed by atoms with E-state index in [2.05, 4.69) is 16.6 Å². The van der Waals surface area contributed by atoms with Gasteiger partial charge in [-0.2, -0.15) is 11.8 Å². The molecule has 0 aliphatic heterocycles. The number of halogens is 1. The largest absolute Gasteiger partial charge is 0.320 e. The van der Waals surface area contributed by atoms with E-state index in [1.807, 2.05) is 6.26 Å². The summed E-state index contributed by atoms with van der Waals surface area (Å²) in [5, 5.41) is 0. The Hall–Kier alpha value is -1.07. The van der Waals surface area contributed by atoms with Gasteiger partial charge in [-0.25, -0.2) is 17.5 Å². The van der Waals surface area contributed by atoms with Crippen LogP contribution in [0.25, 0.3) is 0 Å². The minimum Gasteiger partial charge on any atom is -0.320 e. The van der Waals surface area contributed by atoms with Crippen molar-refractivity contribution in [2.45, 2.75) is 17.7 Å². The van der Waals surface area contributed by atoms with Crippen molar-refractivity contribution in [1.29, 1.82) is 0 Å². The van der Waals surface area contributed by atoms with Crippen molar-refractivity contribution in [3.8, 4) is 11.8 Å². The van der Waals surface area contributed by atoms with E-state index in [1.165, 1.54) is 12.1 Å². The Morgan fingerprint density at radius 1 is 1.38 bits per heavy atom. The molecule has 1 rings (SSSR count). The first-order valence-electron chi connectivity index (χ1n) is 6.48. The molecule has 0 radical (unpaired) electrons. The van der Waals surface area contributed by atoms with Gasteiger partial charge in [-0.15, -0.1) is 0 Å². The summed E-state index contributed by atoms with van der Waals surface area (Å²) in [7, 11) is -3.82. The van der Waals surface area contributed by atoms with Crippen molar-refractivity contribution in [2.24, 2.45) is 5.73 Å². The van der Waals surface area contributed by atoms with Crippen LogP contribution in [0.15, 0.2) is 23.1 Å². The third kappa shape index (κ3) is 6.06. The normalized spacial score (nSPS) is 11.0. The molecule has 0 unspecified atom stereocenters. The van der Waals surface area contributed by atoms with Crippen molar-refractivity contribution in [2.75, 3.05) is 25.1 Å². The first-order valence-corrected chi connectivity index (χ1v) is 9.36. The molecule has 1 aromatic carbocycles. The molecule has 0 spiro atoms. The SMILES string of the molecule is CSCCCCNS(=O)(=O)c1ccc(C#CCN)cc1F. The van der Waals surface area contributed by atoms with E-state index in [1.54, 1.807) is 11.8 Å². The zero-order valence-electron chi connectivity index (χ0n) is 11.9. The minimum absolute atomic E-state index is 0.166. The Labute approximate surface area is 129 Å². The van der Waals surface area contributed by atoms with E-state index < -0.39 is 15.8 Å². The van der Waals surface area contributed by atoms with Crippen molar-refractivity contribution in [3.05, 3.63) is 29.6 Å². The molecule has 0 bridgehead atoms. The third-order valence-electron chi connectivity index (χ3n) is 2.62. The average molecular weight is 330 g/mol. The van der Waals surface area contributed by atoms with Gasteiger partial charge >= 0.3 is 0 Å². The van der Waals surface area contributed by atoms with Crippen molar-refractivity contribution in [1.82, 2.24) is 4.72 Å². The summed E-state index contributed by atoms with van der Waals surface area (Å²) < 4.78 is 40.3. The predicted molar refractivity (Wildman–Crippen MR) is 85.1 cm³/mol. The summed E-state index contributed by atoms with van der Waals surface area (Å²) in [6, 6.07) is 3.79. The van der Waals surface area contributed by atoms with Crippen molar-refractivity contribution < 1.29 is 12.8 Å². The molecule has 116 valence electrons. The highest BCUT2D eigenvalue weighted by molar-refractivity contribution is 7.98. The van der Waals surface area contributed by atoms with E-state index in [4.69, 9.17) is 5.73 Å². The van der Waals surface area contributed by atoms with Crippen LogP contribution in [-0.4, -0.2) is 33.5 Å². The van der Waals surface area contributed by atoms with Gasteiger partial charge in [-0.3, -0.25) is 0 Å². The van der Waals surface area contributed by atoms with Gasteiger partial charge in [0.05, 0.1) is 6.54 Å². The molecule has 4 nitrogen and oxygen atoms in total. The lowest BCUT2D eigenvalue weighted by Gasteiger charge is -2.07. The molecule has 0 saturated heterocycles. The average Bonchev–Trinajstić information content (AvgIpc) is 2.44. The number of unbranched alkanes of at least 4 members (excludes halogenated alkanes) is 1. The maximum Gasteiger partial charge on any atom is 0.243 e. The Kier molecular flexibility index (Phi) is 7.75. The topological polar surface area (TPSA) is 72.2 Å². The number of nitrogens with two attached hydrogens (primary N) is 1. The molecule has 21 heavy (non-hydrogen) atoms.